The quantitative estimate of drug-likeness (QED) is 0.205. The number of ether oxygens (including phenoxy) is 2. The third kappa shape index (κ3) is 4.29. The van der Waals surface area contributed by atoms with E-state index in [2.05, 4.69) is 91.0 Å². The van der Waals surface area contributed by atoms with Crippen LogP contribution in [0.5, 0.6) is 11.5 Å². The van der Waals surface area contributed by atoms with Crippen molar-refractivity contribution in [2.75, 3.05) is 19.5 Å². The van der Waals surface area contributed by atoms with E-state index < -0.39 is 0 Å². The second-order valence-electron chi connectivity index (χ2n) is 9.41. The maximum atomic E-state index is 6.16. The van der Waals surface area contributed by atoms with Gasteiger partial charge in [-0.3, -0.25) is 4.40 Å². The molecule has 6 rings (SSSR count). The minimum absolute atomic E-state index is 0.643. The third-order valence-electron chi connectivity index (χ3n) is 7.21. The Kier molecular flexibility index (Phi) is 6.72. The zero-order valence-corrected chi connectivity index (χ0v) is 23.7. The molecule has 1 aliphatic heterocycles. The van der Waals surface area contributed by atoms with Gasteiger partial charge in [0.25, 0.3) is 0 Å². The van der Waals surface area contributed by atoms with E-state index >= 15 is 0 Å². The van der Waals surface area contributed by atoms with Gasteiger partial charge in [0.2, 0.25) is 0 Å². The van der Waals surface area contributed by atoms with Crippen LogP contribution in [0.1, 0.15) is 24.1 Å². The predicted molar refractivity (Wildman–Crippen MR) is 162 cm³/mol. The molecule has 5 aromatic rings. The zero-order chi connectivity index (χ0) is 26.2. The molecule has 0 saturated heterocycles. The maximum absolute atomic E-state index is 6.16. The fraction of sp³-hybridized carbons (Fsp3) is 0.194. The molecule has 0 saturated carbocycles. The van der Waals surface area contributed by atoms with Gasteiger partial charge in [-0.15, -0.1) is 0 Å². The second kappa shape index (κ2) is 10.3. The van der Waals surface area contributed by atoms with E-state index in [-0.39, 0.29) is 0 Å². The molecule has 1 N–H and O–H groups in total. The lowest BCUT2D eigenvalue weighted by molar-refractivity contribution is 0.395. The zero-order valence-electron chi connectivity index (χ0n) is 21.3. The molecule has 192 valence electrons. The normalized spacial score (nSPS) is 12.8. The van der Waals surface area contributed by atoms with E-state index in [1.165, 1.54) is 28.0 Å². The van der Waals surface area contributed by atoms with Gasteiger partial charge in [0.15, 0.2) is 0 Å². The van der Waals surface area contributed by atoms with Crippen LogP contribution >= 0.6 is 28.1 Å². The van der Waals surface area contributed by atoms with Crippen LogP contribution in [-0.2, 0) is 13.0 Å². The monoisotopic (exact) mass is 585 g/mol. The number of halogens is 1. The van der Waals surface area contributed by atoms with Crippen molar-refractivity contribution >= 4 is 44.5 Å². The summed E-state index contributed by atoms with van der Waals surface area (Å²) in [6, 6.07) is 24.8. The Morgan fingerprint density at radius 2 is 1.71 bits per heavy atom. The van der Waals surface area contributed by atoms with Crippen LogP contribution in [0, 0.1) is 0 Å². The molecule has 0 atom stereocenters. The fourth-order valence-corrected chi connectivity index (χ4v) is 6.03. The number of thiocarbonyl (C=S) groups is 1. The number of imidazole rings is 1. The Hall–Kier alpha value is -3.55. The standard InChI is InChI=1S/C31H28BrN3O2S/c1-36-23-15-16-25(27(18-23)37-2)33-30(38)29-28(21-11-13-22(32)14-12-21)24-10-6-7-17-34-26(19-35(29)31(24)34)20-8-4-3-5-9-20/h3-5,8-9,11-16,18-19H,6-7,10,17H2,1-2H3,(H,33,38). The molecule has 1 aliphatic rings. The average Bonchev–Trinajstić information content (AvgIpc) is 3.37. The number of nitrogens with one attached hydrogen (secondary N) is 1. The minimum atomic E-state index is 0.643. The number of benzene rings is 3. The van der Waals surface area contributed by atoms with Gasteiger partial charge >= 0.3 is 0 Å². The Bertz CT molecular complexity index is 1640. The fourth-order valence-electron chi connectivity index (χ4n) is 5.46. The van der Waals surface area contributed by atoms with Gasteiger partial charge in [-0.2, -0.15) is 0 Å². The van der Waals surface area contributed by atoms with E-state index in [1.54, 1.807) is 14.2 Å². The van der Waals surface area contributed by atoms with Crippen molar-refractivity contribution in [3.05, 3.63) is 94.7 Å². The SMILES string of the molecule is COc1ccc(NC(=S)c2c(-c3ccc(Br)cc3)c3c4n(c(-c5ccccc5)cn24)CCCC3)c(OC)c1. The van der Waals surface area contributed by atoms with Crippen molar-refractivity contribution in [2.24, 2.45) is 0 Å². The van der Waals surface area contributed by atoms with Crippen molar-refractivity contribution in [1.82, 2.24) is 8.97 Å². The van der Waals surface area contributed by atoms with Gasteiger partial charge in [-0.1, -0.05) is 70.6 Å². The van der Waals surface area contributed by atoms with Gasteiger partial charge in [0.05, 0.1) is 31.3 Å². The van der Waals surface area contributed by atoms with Crippen LogP contribution in [0.3, 0.4) is 0 Å². The van der Waals surface area contributed by atoms with Gasteiger partial charge in [0, 0.05) is 34.4 Å². The average molecular weight is 587 g/mol. The van der Waals surface area contributed by atoms with Crippen molar-refractivity contribution in [3.8, 4) is 33.9 Å². The molecule has 0 unspecified atom stereocenters. The van der Waals surface area contributed by atoms with E-state index in [0.717, 1.165) is 53.0 Å². The summed E-state index contributed by atoms with van der Waals surface area (Å²) < 4.78 is 16.9. The lowest BCUT2D eigenvalue weighted by Crippen LogP contribution is -2.14. The highest BCUT2D eigenvalue weighted by Crippen LogP contribution is 2.40. The largest absolute Gasteiger partial charge is 0.497 e. The van der Waals surface area contributed by atoms with Crippen molar-refractivity contribution in [2.45, 2.75) is 25.8 Å². The third-order valence-corrected chi connectivity index (χ3v) is 8.03. The first-order valence-electron chi connectivity index (χ1n) is 12.7. The summed E-state index contributed by atoms with van der Waals surface area (Å²) in [5.41, 5.74) is 9.10. The molecule has 0 bridgehead atoms. The summed E-state index contributed by atoms with van der Waals surface area (Å²) in [4.78, 5) is 0.643. The molecule has 0 amide bonds. The molecule has 3 heterocycles. The Balaban J connectivity index is 1.58. The van der Waals surface area contributed by atoms with Crippen LogP contribution in [-0.4, -0.2) is 28.2 Å². The molecule has 0 fully saturated rings. The molecule has 38 heavy (non-hydrogen) atoms. The topological polar surface area (TPSA) is 39.8 Å². The number of aromatic nitrogens is 2. The van der Waals surface area contributed by atoms with Crippen LogP contribution < -0.4 is 14.8 Å². The highest BCUT2D eigenvalue weighted by Gasteiger charge is 2.28. The van der Waals surface area contributed by atoms with Gasteiger partial charge in [-0.25, -0.2) is 0 Å². The molecular formula is C31H28BrN3O2S. The summed E-state index contributed by atoms with van der Waals surface area (Å²) >= 11 is 9.76. The number of hydrogen-bond acceptors (Lipinski definition) is 3. The molecule has 3 aromatic carbocycles. The molecule has 0 radical (unpaired) electrons. The first kappa shape index (κ1) is 24.8. The van der Waals surface area contributed by atoms with Gasteiger partial charge < -0.3 is 19.4 Å². The first-order chi connectivity index (χ1) is 18.6. The van der Waals surface area contributed by atoms with Crippen LogP contribution in [0.4, 0.5) is 5.69 Å². The Morgan fingerprint density at radius 1 is 0.921 bits per heavy atom. The molecule has 0 aliphatic carbocycles. The van der Waals surface area contributed by atoms with E-state index in [1.807, 2.05) is 18.2 Å². The molecule has 5 nitrogen and oxygen atoms in total. The Morgan fingerprint density at radius 3 is 2.45 bits per heavy atom. The lowest BCUT2D eigenvalue weighted by Gasteiger charge is -2.15. The summed E-state index contributed by atoms with van der Waals surface area (Å²) in [5, 5.41) is 3.50. The number of aryl methyl sites for hydroxylation is 2. The maximum Gasteiger partial charge on any atom is 0.146 e. The first-order valence-corrected chi connectivity index (χ1v) is 13.9. The minimum Gasteiger partial charge on any atom is -0.497 e. The summed E-state index contributed by atoms with van der Waals surface area (Å²) in [6.45, 7) is 0.976. The highest BCUT2D eigenvalue weighted by atomic mass is 79.9. The highest BCUT2D eigenvalue weighted by molar-refractivity contribution is 9.10. The van der Waals surface area contributed by atoms with E-state index in [0.29, 0.717) is 10.7 Å². The molecule has 2 aromatic heterocycles. The Labute approximate surface area is 236 Å². The smallest absolute Gasteiger partial charge is 0.146 e. The van der Waals surface area contributed by atoms with E-state index in [9.17, 15) is 0 Å². The van der Waals surface area contributed by atoms with E-state index in [4.69, 9.17) is 21.7 Å². The molecule has 0 spiro atoms. The predicted octanol–water partition coefficient (Wildman–Crippen LogP) is 7.98. The number of rotatable bonds is 6. The summed E-state index contributed by atoms with van der Waals surface area (Å²) in [7, 11) is 3.30. The van der Waals surface area contributed by atoms with Crippen molar-refractivity contribution < 1.29 is 9.47 Å². The number of methoxy groups -OCH3 is 2. The summed E-state index contributed by atoms with van der Waals surface area (Å²) in [5.74, 6) is 1.40. The van der Waals surface area contributed by atoms with Gasteiger partial charge in [0.1, 0.15) is 22.1 Å². The molecule has 7 heteroatoms. The number of anilines is 1. The van der Waals surface area contributed by atoms with Crippen LogP contribution in [0.15, 0.2) is 83.5 Å². The van der Waals surface area contributed by atoms with Crippen molar-refractivity contribution in [1.29, 1.82) is 0 Å². The lowest BCUT2D eigenvalue weighted by atomic mass is 9.98. The second-order valence-corrected chi connectivity index (χ2v) is 10.7. The van der Waals surface area contributed by atoms with Crippen molar-refractivity contribution in [3.63, 3.8) is 0 Å². The number of hydrogen-bond donors (Lipinski definition) is 1. The number of nitrogens with zero attached hydrogens (tertiary/aromatic N) is 2. The van der Waals surface area contributed by atoms with Gasteiger partial charge in [-0.05, 0) is 54.7 Å². The molecular weight excluding hydrogens is 558 g/mol. The summed E-state index contributed by atoms with van der Waals surface area (Å²) in [6.07, 6.45) is 5.52. The van der Waals surface area contributed by atoms with Crippen LogP contribution in [0.25, 0.3) is 28.0 Å². The van der Waals surface area contributed by atoms with Crippen LogP contribution in [0.2, 0.25) is 0 Å².